The maximum absolute atomic E-state index is 15.4. The molecule has 0 aliphatic rings. The van der Waals surface area contributed by atoms with Crippen molar-refractivity contribution in [2.75, 3.05) is 17.2 Å². The van der Waals surface area contributed by atoms with E-state index in [4.69, 9.17) is 4.74 Å². The van der Waals surface area contributed by atoms with E-state index in [1.54, 1.807) is 0 Å². The van der Waals surface area contributed by atoms with E-state index in [0.29, 0.717) is 13.8 Å². The highest BCUT2D eigenvalue weighted by molar-refractivity contribution is 6.09. The minimum atomic E-state index is -4.86. The zero-order valence-corrected chi connectivity index (χ0v) is 23.9. The second-order valence-electron chi connectivity index (χ2n) is 10.3. The molecule has 3 amide bonds. The normalized spacial score (nSPS) is 11.7. The lowest BCUT2D eigenvalue weighted by Crippen LogP contribution is -2.46. The fraction of sp³-hybridized carbons (Fsp3) is 0.300. The molecule has 3 aromatic carbocycles. The van der Waals surface area contributed by atoms with Crippen LogP contribution < -0.4 is 20.7 Å². The number of ether oxygens (including phenoxy) is 1. The molecule has 0 heterocycles. The molecule has 0 atom stereocenters. The third-order valence-corrected chi connectivity index (χ3v) is 6.64. The van der Waals surface area contributed by atoms with Crippen LogP contribution in [0.3, 0.4) is 0 Å². The zero-order chi connectivity index (χ0) is 33.0. The Hall–Kier alpha value is -4.62. The summed E-state index contributed by atoms with van der Waals surface area (Å²) in [5.41, 5.74) is -3.30. The minimum Gasteiger partial charge on any atom is -0.487 e. The van der Waals surface area contributed by atoms with Gasteiger partial charge in [-0.05, 0) is 75.2 Å². The van der Waals surface area contributed by atoms with Gasteiger partial charge in [0.15, 0.2) is 0 Å². The molecule has 0 unspecified atom stereocenters. The largest absolute Gasteiger partial charge is 0.487 e. The molecule has 0 saturated heterocycles. The Morgan fingerprint density at radius 3 is 2.07 bits per heavy atom. The summed E-state index contributed by atoms with van der Waals surface area (Å²) in [4.78, 5) is 38.3. The van der Waals surface area contributed by atoms with Crippen molar-refractivity contribution in [3.05, 3.63) is 88.0 Å². The molecule has 7 nitrogen and oxygen atoms in total. The summed E-state index contributed by atoms with van der Waals surface area (Å²) in [6.07, 6.45) is -7.73. The number of aryl methyl sites for hydroxylation is 2. The lowest BCUT2D eigenvalue weighted by molar-refractivity contribution is -0.211. The predicted octanol–water partition coefficient (Wildman–Crippen LogP) is 6.93. The Labute approximate surface area is 247 Å². The van der Waals surface area contributed by atoms with Crippen molar-refractivity contribution in [3.8, 4) is 5.75 Å². The summed E-state index contributed by atoms with van der Waals surface area (Å²) in [7, 11) is 0. The van der Waals surface area contributed by atoms with Crippen LogP contribution in [0.4, 0.5) is 42.1 Å². The molecule has 0 fully saturated rings. The molecule has 0 aliphatic carbocycles. The number of amides is 3. The van der Waals surface area contributed by atoms with E-state index in [1.807, 2.05) is 5.32 Å². The molecule has 0 aromatic heterocycles. The van der Waals surface area contributed by atoms with Gasteiger partial charge in [-0.2, -0.15) is 13.2 Å². The van der Waals surface area contributed by atoms with Gasteiger partial charge in [0.1, 0.15) is 29.4 Å². The molecule has 0 spiro atoms. The van der Waals surface area contributed by atoms with Gasteiger partial charge in [-0.1, -0.05) is 12.1 Å². The van der Waals surface area contributed by atoms with Crippen molar-refractivity contribution >= 4 is 29.1 Å². The topological polar surface area (TPSA) is 96.5 Å². The number of benzene rings is 3. The van der Waals surface area contributed by atoms with Gasteiger partial charge in [-0.3, -0.25) is 14.4 Å². The molecule has 3 rings (SSSR count). The Morgan fingerprint density at radius 1 is 0.841 bits per heavy atom. The van der Waals surface area contributed by atoms with Crippen molar-refractivity contribution in [1.82, 2.24) is 5.32 Å². The van der Waals surface area contributed by atoms with Crippen LogP contribution in [0.5, 0.6) is 5.75 Å². The van der Waals surface area contributed by atoms with E-state index in [2.05, 4.69) is 10.6 Å². The molecule has 0 saturated carbocycles. The number of carbonyl (C=O) groups is 3. The van der Waals surface area contributed by atoms with Gasteiger partial charge in [0.2, 0.25) is 5.91 Å². The summed E-state index contributed by atoms with van der Waals surface area (Å²) in [6.45, 7) is 2.52. The van der Waals surface area contributed by atoms with Crippen LogP contribution in [-0.4, -0.2) is 36.9 Å². The summed E-state index contributed by atoms with van der Waals surface area (Å²) < 4.78 is 99.2. The molecular weight excluding hydrogens is 599 g/mol. The standard InChI is InChI=1S/C30H28F7N3O4/c1-15-5-6-17(13-38-28(43)29(3,4)30(35,36)37)25(34)24(15)27(42)40-19-8-10-22(44-14-23(32)33)20(12-19)26(41)39-18-7-9-21(31)16(2)11-18/h5-12,23H,13-14H2,1-4H3,(H,38,43)(H,39,41)(H,40,42). The van der Waals surface area contributed by atoms with Gasteiger partial charge in [-0.15, -0.1) is 0 Å². The molecule has 0 aliphatic heterocycles. The van der Waals surface area contributed by atoms with Gasteiger partial charge in [0.25, 0.3) is 18.2 Å². The van der Waals surface area contributed by atoms with E-state index in [9.17, 15) is 40.7 Å². The molecule has 14 heteroatoms. The molecule has 0 bridgehead atoms. The molecule has 3 N–H and O–H groups in total. The Bertz CT molecular complexity index is 1570. The highest BCUT2D eigenvalue weighted by Crippen LogP contribution is 2.37. The number of halogens is 7. The second-order valence-corrected chi connectivity index (χ2v) is 10.3. The number of alkyl halides is 5. The fourth-order valence-electron chi connectivity index (χ4n) is 3.83. The minimum absolute atomic E-state index is 0.0655. The van der Waals surface area contributed by atoms with Gasteiger partial charge >= 0.3 is 6.18 Å². The van der Waals surface area contributed by atoms with Crippen LogP contribution in [-0.2, 0) is 11.3 Å². The maximum atomic E-state index is 15.4. The third kappa shape index (κ3) is 7.85. The van der Waals surface area contributed by atoms with Gasteiger partial charge in [0, 0.05) is 23.5 Å². The molecule has 0 radical (unpaired) electrons. The third-order valence-electron chi connectivity index (χ3n) is 6.64. The average molecular weight is 628 g/mol. The van der Waals surface area contributed by atoms with Crippen LogP contribution >= 0.6 is 0 Å². The van der Waals surface area contributed by atoms with Gasteiger partial charge < -0.3 is 20.7 Å². The number of anilines is 2. The summed E-state index contributed by atoms with van der Waals surface area (Å²) in [5, 5.41) is 6.91. The van der Waals surface area contributed by atoms with Crippen LogP contribution in [0.2, 0.25) is 0 Å². The van der Waals surface area contributed by atoms with Crippen molar-refractivity contribution in [1.29, 1.82) is 0 Å². The van der Waals surface area contributed by atoms with E-state index in [1.165, 1.54) is 44.2 Å². The van der Waals surface area contributed by atoms with E-state index in [0.717, 1.165) is 18.2 Å². The monoisotopic (exact) mass is 627 g/mol. The van der Waals surface area contributed by atoms with Gasteiger partial charge in [-0.25, -0.2) is 17.6 Å². The summed E-state index contributed by atoms with van der Waals surface area (Å²) in [6, 6.07) is 9.72. The number of nitrogens with one attached hydrogen (secondary N) is 3. The highest BCUT2D eigenvalue weighted by atomic mass is 19.4. The average Bonchev–Trinajstić information content (AvgIpc) is 2.93. The van der Waals surface area contributed by atoms with Crippen molar-refractivity contribution < 1.29 is 49.9 Å². The zero-order valence-electron chi connectivity index (χ0n) is 23.9. The number of hydrogen-bond acceptors (Lipinski definition) is 4. The Morgan fingerprint density at radius 2 is 1.45 bits per heavy atom. The predicted molar refractivity (Wildman–Crippen MR) is 148 cm³/mol. The van der Waals surface area contributed by atoms with E-state index >= 15 is 4.39 Å². The smallest absolute Gasteiger partial charge is 0.402 e. The summed E-state index contributed by atoms with van der Waals surface area (Å²) in [5.74, 6) is -5.14. The highest BCUT2D eigenvalue weighted by Gasteiger charge is 2.52. The number of rotatable bonds is 10. The molecular formula is C30H28F7N3O4. The summed E-state index contributed by atoms with van der Waals surface area (Å²) >= 11 is 0. The van der Waals surface area contributed by atoms with Crippen molar-refractivity contribution in [2.45, 2.75) is 46.8 Å². The maximum Gasteiger partial charge on any atom is 0.402 e. The first-order valence-corrected chi connectivity index (χ1v) is 13.0. The lowest BCUT2D eigenvalue weighted by Gasteiger charge is -2.26. The van der Waals surface area contributed by atoms with Crippen LogP contribution in [0.25, 0.3) is 0 Å². The Kier molecular flexibility index (Phi) is 10.3. The van der Waals surface area contributed by atoms with Crippen LogP contribution in [0.1, 0.15) is 51.3 Å². The fourth-order valence-corrected chi connectivity index (χ4v) is 3.83. The number of carbonyl (C=O) groups excluding carboxylic acids is 3. The number of hydrogen-bond donors (Lipinski definition) is 3. The van der Waals surface area contributed by atoms with E-state index in [-0.39, 0.29) is 39.4 Å². The SMILES string of the molecule is Cc1cc(NC(=O)c2cc(NC(=O)c3c(C)ccc(CNC(=O)C(C)(C)C(F)(F)F)c3F)ccc2OCC(F)F)ccc1F. The quantitative estimate of drug-likeness (QED) is 0.212. The first kappa shape index (κ1) is 33.9. The molecule has 44 heavy (non-hydrogen) atoms. The lowest BCUT2D eigenvalue weighted by atomic mass is 9.91. The first-order valence-electron chi connectivity index (χ1n) is 13.0. The Balaban J connectivity index is 1.87. The van der Waals surface area contributed by atoms with Gasteiger partial charge in [0.05, 0.1) is 11.1 Å². The first-order chi connectivity index (χ1) is 20.4. The molecule has 236 valence electrons. The second kappa shape index (κ2) is 13.3. The molecule has 3 aromatic rings. The van der Waals surface area contributed by atoms with Crippen LogP contribution in [0.15, 0.2) is 48.5 Å². The van der Waals surface area contributed by atoms with Crippen LogP contribution in [0, 0.1) is 30.9 Å². The van der Waals surface area contributed by atoms with E-state index < -0.39 is 66.1 Å². The van der Waals surface area contributed by atoms with Crippen molar-refractivity contribution in [3.63, 3.8) is 0 Å². The van der Waals surface area contributed by atoms with Crippen molar-refractivity contribution in [2.24, 2.45) is 5.41 Å².